The highest BCUT2D eigenvalue weighted by molar-refractivity contribution is 7.90. The smallest absolute Gasteiger partial charge is 0.281 e. The van der Waals surface area contributed by atoms with Crippen LogP contribution in [-0.4, -0.2) is 30.4 Å². The lowest BCUT2D eigenvalue weighted by Gasteiger charge is -2.16. The number of nitrogen functional groups attached to an aromatic ring is 1. The third kappa shape index (κ3) is 6.52. The molecule has 208 valence electrons. The standard InChI is InChI=1S/C29H29ClN4O5S/c1-16(2)38-24-15-20(9-11-22(24)30)23-12-10-21(28(35)34-40(36,37)26-8-6-7-25(31)33-26)29(32-23)39-27-18(4)13-17(3)14-19(27)5/h6-16H,1-5H3,(H2,31,33)(H,34,35). The van der Waals surface area contributed by atoms with Gasteiger partial charge in [-0.15, -0.1) is 0 Å². The van der Waals surface area contributed by atoms with E-state index in [0.29, 0.717) is 27.8 Å². The number of benzene rings is 2. The Balaban J connectivity index is 1.79. The second-order valence-electron chi connectivity index (χ2n) is 9.53. The highest BCUT2D eigenvalue weighted by atomic mass is 35.5. The number of carbonyl (C=O) groups is 1. The number of pyridine rings is 2. The fourth-order valence-electron chi connectivity index (χ4n) is 4.09. The maximum Gasteiger partial charge on any atom is 0.281 e. The average Bonchev–Trinajstić information content (AvgIpc) is 2.87. The fourth-order valence-corrected chi connectivity index (χ4v) is 5.20. The molecule has 0 saturated heterocycles. The number of rotatable bonds is 8. The van der Waals surface area contributed by atoms with Gasteiger partial charge in [0.1, 0.15) is 22.9 Å². The van der Waals surface area contributed by atoms with E-state index >= 15 is 0 Å². The summed E-state index contributed by atoms with van der Waals surface area (Å²) in [7, 11) is -4.33. The number of anilines is 1. The molecular weight excluding hydrogens is 552 g/mol. The third-order valence-electron chi connectivity index (χ3n) is 5.75. The molecule has 4 aromatic rings. The van der Waals surface area contributed by atoms with Gasteiger partial charge in [-0.1, -0.05) is 41.4 Å². The minimum absolute atomic E-state index is 0.000493. The van der Waals surface area contributed by atoms with Crippen LogP contribution >= 0.6 is 11.6 Å². The van der Waals surface area contributed by atoms with Crippen molar-refractivity contribution in [2.45, 2.75) is 45.7 Å². The van der Waals surface area contributed by atoms with Gasteiger partial charge in [0.25, 0.3) is 15.9 Å². The van der Waals surface area contributed by atoms with Crippen LogP contribution in [-0.2, 0) is 10.0 Å². The molecule has 0 atom stereocenters. The molecule has 2 heterocycles. The summed E-state index contributed by atoms with van der Waals surface area (Å²) in [6, 6.07) is 16.2. The van der Waals surface area contributed by atoms with Gasteiger partial charge in [-0.05, 0) is 82.1 Å². The third-order valence-corrected chi connectivity index (χ3v) is 7.29. The number of halogens is 1. The first-order chi connectivity index (χ1) is 18.8. The molecule has 0 aliphatic carbocycles. The summed E-state index contributed by atoms with van der Waals surface area (Å²) in [6.07, 6.45) is -0.102. The van der Waals surface area contributed by atoms with Crippen molar-refractivity contribution in [3.05, 3.63) is 87.9 Å². The molecule has 4 rings (SSSR count). The molecule has 0 radical (unpaired) electrons. The van der Waals surface area contributed by atoms with Gasteiger partial charge in [-0.3, -0.25) is 4.79 Å². The molecule has 0 aliphatic rings. The molecular formula is C29H29ClN4O5S. The molecule has 2 aromatic carbocycles. The summed E-state index contributed by atoms with van der Waals surface area (Å²) < 4.78 is 39.8. The Kier molecular flexibility index (Phi) is 8.32. The lowest BCUT2D eigenvalue weighted by molar-refractivity contribution is 0.0978. The molecule has 3 N–H and O–H groups in total. The van der Waals surface area contributed by atoms with Crippen LogP contribution in [0.5, 0.6) is 17.4 Å². The topological polar surface area (TPSA) is 134 Å². The number of nitrogens with zero attached hydrogens (tertiary/aromatic N) is 2. The van der Waals surface area contributed by atoms with E-state index in [4.69, 9.17) is 26.8 Å². The van der Waals surface area contributed by atoms with Gasteiger partial charge in [0, 0.05) is 5.56 Å². The van der Waals surface area contributed by atoms with Gasteiger partial charge in [0.05, 0.1) is 16.8 Å². The fraction of sp³-hybridized carbons (Fsp3) is 0.207. The Morgan fingerprint density at radius 3 is 2.33 bits per heavy atom. The van der Waals surface area contributed by atoms with Crippen LogP contribution in [0.25, 0.3) is 11.3 Å². The van der Waals surface area contributed by atoms with Crippen molar-refractivity contribution in [1.29, 1.82) is 0 Å². The van der Waals surface area contributed by atoms with Crippen LogP contribution in [0.1, 0.15) is 40.9 Å². The van der Waals surface area contributed by atoms with Crippen LogP contribution in [0.2, 0.25) is 5.02 Å². The van der Waals surface area contributed by atoms with Gasteiger partial charge in [0.2, 0.25) is 5.88 Å². The number of nitrogens with one attached hydrogen (secondary N) is 1. The van der Waals surface area contributed by atoms with Crippen LogP contribution in [0.15, 0.2) is 65.7 Å². The molecule has 0 saturated carbocycles. The first-order valence-electron chi connectivity index (χ1n) is 12.4. The maximum absolute atomic E-state index is 13.3. The first kappa shape index (κ1) is 28.8. The summed E-state index contributed by atoms with van der Waals surface area (Å²) in [5, 5.41) is 0.0492. The van der Waals surface area contributed by atoms with Crippen molar-refractivity contribution in [3.8, 4) is 28.6 Å². The van der Waals surface area contributed by atoms with E-state index in [1.165, 1.54) is 24.3 Å². The molecule has 2 aromatic heterocycles. The number of aromatic nitrogens is 2. The number of hydrogen-bond donors (Lipinski definition) is 2. The van der Waals surface area contributed by atoms with Crippen LogP contribution in [0.3, 0.4) is 0 Å². The molecule has 0 spiro atoms. The number of hydrogen-bond acceptors (Lipinski definition) is 8. The van der Waals surface area contributed by atoms with Gasteiger partial charge in [-0.25, -0.2) is 14.7 Å². The minimum atomic E-state index is -4.33. The van der Waals surface area contributed by atoms with E-state index in [0.717, 1.165) is 16.7 Å². The Morgan fingerprint density at radius 1 is 0.975 bits per heavy atom. The molecule has 40 heavy (non-hydrogen) atoms. The summed E-state index contributed by atoms with van der Waals surface area (Å²) in [4.78, 5) is 21.7. The summed E-state index contributed by atoms with van der Waals surface area (Å²) in [5.74, 6) is -0.0436. The number of ether oxygens (including phenoxy) is 2. The highest BCUT2D eigenvalue weighted by Gasteiger charge is 2.25. The molecule has 11 heteroatoms. The second-order valence-corrected chi connectivity index (χ2v) is 11.6. The zero-order chi connectivity index (χ0) is 29.2. The molecule has 1 amide bonds. The largest absolute Gasteiger partial charge is 0.489 e. The number of nitrogens with two attached hydrogens (primary N) is 1. The Morgan fingerprint density at radius 2 is 1.68 bits per heavy atom. The zero-order valence-electron chi connectivity index (χ0n) is 22.7. The van der Waals surface area contributed by atoms with Gasteiger partial charge in [0.15, 0.2) is 5.03 Å². The molecule has 0 bridgehead atoms. The second kappa shape index (κ2) is 11.5. The van der Waals surface area contributed by atoms with Crippen molar-refractivity contribution in [3.63, 3.8) is 0 Å². The lowest BCUT2D eigenvalue weighted by Crippen LogP contribution is -2.31. The van der Waals surface area contributed by atoms with Gasteiger partial charge in [-0.2, -0.15) is 8.42 Å². The van der Waals surface area contributed by atoms with Crippen molar-refractivity contribution in [2.24, 2.45) is 0 Å². The summed E-state index contributed by atoms with van der Waals surface area (Å²) in [6.45, 7) is 9.50. The Labute approximate surface area is 238 Å². The Hall–Kier alpha value is -4.15. The summed E-state index contributed by atoms with van der Waals surface area (Å²) in [5.41, 5.74) is 9.35. The van der Waals surface area contributed by atoms with E-state index < -0.39 is 21.0 Å². The predicted octanol–water partition coefficient (Wildman–Crippen LogP) is 6.00. The number of sulfonamides is 1. The first-order valence-corrected chi connectivity index (χ1v) is 14.2. The van der Waals surface area contributed by atoms with Crippen LogP contribution in [0.4, 0.5) is 5.82 Å². The summed E-state index contributed by atoms with van der Waals surface area (Å²) >= 11 is 6.31. The van der Waals surface area contributed by atoms with Crippen molar-refractivity contribution in [1.82, 2.24) is 14.7 Å². The highest BCUT2D eigenvalue weighted by Crippen LogP contribution is 2.35. The minimum Gasteiger partial charge on any atom is -0.489 e. The number of aryl methyl sites for hydroxylation is 3. The molecule has 0 unspecified atom stereocenters. The molecule has 0 aliphatic heterocycles. The molecule has 9 nitrogen and oxygen atoms in total. The van der Waals surface area contributed by atoms with E-state index in [-0.39, 0.29) is 23.4 Å². The monoisotopic (exact) mass is 580 g/mol. The van der Waals surface area contributed by atoms with Crippen molar-refractivity contribution >= 4 is 33.3 Å². The molecule has 0 fully saturated rings. The van der Waals surface area contributed by atoms with E-state index in [1.807, 2.05) is 51.5 Å². The van der Waals surface area contributed by atoms with Crippen molar-refractivity contribution < 1.29 is 22.7 Å². The quantitative estimate of drug-likeness (QED) is 0.259. The van der Waals surface area contributed by atoms with Crippen LogP contribution < -0.4 is 19.9 Å². The normalized spacial score (nSPS) is 11.4. The van der Waals surface area contributed by atoms with Crippen molar-refractivity contribution in [2.75, 3.05) is 5.73 Å². The zero-order valence-corrected chi connectivity index (χ0v) is 24.2. The Bertz CT molecular complexity index is 1680. The van der Waals surface area contributed by atoms with Gasteiger partial charge >= 0.3 is 0 Å². The van der Waals surface area contributed by atoms with Gasteiger partial charge < -0.3 is 15.2 Å². The SMILES string of the molecule is Cc1cc(C)c(Oc2nc(-c3ccc(Cl)c(OC(C)C)c3)ccc2C(=O)NS(=O)(=O)c2cccc(N)n2)c(C)c1. The van der Waals surface area contributed by atoms with E-state index in [1.54, 1.807) is 24.3 Å². The van der Waals surface area contributed by atoms with E-state index in [2.05, 4.69) is 9.97 Å². The average molecular weight is 581 g/mol. The maximum atomic E-state index is 13.3. The lowest BCUT2D eigenvalue weighted by atomic mass is 10.1. The van der Waals surface area contributed by atoms with E-state index in [9.17, 15) is 13.2 Å². The van der Waals surface area contributed by atoms with Crippen LogP contribution in [0, 0.1) is 20.8 Å². The predicted molar refractivity (Wildman–Crippen MR) is 154 cm³/mol. The number of amides is 1. The number of carbonyl (C=O) groups excluding carboxylic acids is 1.